The van der Waals surface area contributed by atoms with Crippen LogP contribution in [-0.2, 0) is 15.7 Å². The van der Waals surface area contributed by atoms with Gasteiger partial charge in [-0.25, -0.2) is 14.0 Å². The summed E-state index contributed by atoms with van der Waals surface area (Å²) in [5.74, 6) is -1.48. The van der Waals surface area contributed by atoms with Crippen LogP contribution < -0.4 is 5.32 Å². The molecule has 1 N–H and O–H groups in total. The van der Waals surface area contributed by atoms with Crippen LogP contribution in [0, 0.1) is 5.82 Å². The zero-order chi connectivity index (χ0) is 29.9. The molecule has 220 valence electrons. The molecule has 2 heterocycles. The van der Waals surface area contributed by atoms with E-state index < -0.39 is 35.6 Å². The van der Waals surface area contributed by atoms with Crippen LogP contribution in [-0.4, -0.2) is 78.0 Å². The van der Waals surface area contributed by atoms with Gasteiger partial charge in [-0.15, -0.1) is 0 Å². The molecule has 0 radical (unpaired) electrons. The van der Waals surface area contributed by atoms with Gasteiger partial charge >= 0.3 is 18.2 Å². The average molecular weight is 577 g/mol. The lowest BCUT2D eigenvalue weighted by Gasteiger charge is -2.43. The largest absolute Gasteiger partial charge is 0.463 e. The molecule has 3 amide bonds. The second-order valence-electron chi connectivity index (χ2n) is 9.92. The van der Waals surface area contributed by atoms with Gasteiger partial charge in [-0.1, -0.05) is 18.2 Å². The summed E-state index contributed by atoms with van der Waals surface area (Å²) in [7, 11) is 0. The molecular formula is C29H32F4N4O4. The number of esters is 1. The van der Waals surface area contributed by atoms with Crippen molar-refractivity contribution in [1.29, 1.82) is 0 Å². The van der Waals surface area contributed by atoms with Gasteiger partial charge < -0.3 is 15.0 Å². The van der Waals surface area contributed by atoms with E-state index in [0.29, 0.717) is 30.9 Å². The van der Waals surface area contributed by atoms with E-state index in [2.05, 4.69) is 5.32 Å². The van der Waals surface area contributed by atoms with E-state index in [0.717, 1.165) is 12.1 Å². The number of piperazine rings is 1. The third-order valence-corrected chi connectivity index (χ3v) is 7.24. The molecule has 1 fully saturated rings. The second-order valence-corrected chi connectivity index (χ2v) is 9.92. The minimum Gasteiger partial charge on any atom is -0.463 e. The van der Waals surface area contributed by atoms with Crippen LogP contribution in [0.1, 0.15) is 48.3 Å². The number of urea groups is 1. The van der Waals surface area contributed by atoms with Gasteiger partial charge in [0.15, 0.2) is 0 Å². The molecule has 41 heavy (non-hydrogen) atoms. The molecular weight excluding hydrogens is 544 g/mol. The number of ether oxygens (including phenoxy) is 1. The van der Waals surface area contributed by atoms with Crippen molar-refractivity contribution in [3.05, 3.63) is 82.3 Å². The Hall–Kier alpha value is -3.93. The van der Waals surface area contributed by atoms with Gasteiger partial charge in [0, 0.05) is 50.0 Å². The number of hydrogen-bond donors (Lipinski definition) is 1. The molecule has 2 aliphatic rings. The smallest absolute Gasteiger partial charge is 0.416 e. The zero-order valence-electron chi connectivity index (χ0n) is 23.0. The van der Waals surface area contributed by atoms with Crippen LogP contribution in [0.3, 0.4) is 0 Å². The number of nitrogens with zero attached hydrogens (tertiary/aromatic N) is 3. The highest BCUT2D eigenvalue weighted by Crippen LogP contribution is 2.35. The van der Waals surface area contributed by atoms with Crippen molar-refractivity contribution < 1.29 is 36.7 Å². The van der Waals surface area contributed by atoms with Gasteiger partial charge in [0.2, 0.25) is 0 Å². The molecule has 0 aromatic heterocycles. The number of rotatable bonds is 7. The molecule has 1 saturated heterocycles. The molecule has 2 aromatic rings. The standard InChI is InChI=1S/C29H32F4N4O4/c1-4-36-23(17-35-13-14-37(18(3)16-35)26(38)20-7-6-8-22(30)15-20)24(27(39)41-5-2)25(34-28(36)40)19-9-11-21(12-10-19)29(31,32)33/h6-12,15,18,25H,4-5,13-14,16-17H2,1-3H3,(H,34,40). The molecule has 0 spiro atoms. The number of nitrogens with one attached hydrogen (secondary N) is 1. The van der Waals surface area contributed by atoms with Crippen LogP contribution >= 0.6 is 0 Å². The fourth-order valence-corrected chi connectivity index (χ4v) is 5.25. The van der Waals surface area contributed by atoms with Crippen LogP contribution in [0.25, 0.3) is 0 Å². The average Bonchev–Trinajstić information content (AvgIpc) is 2.92. The van der Waals surface area contributed by atoms with Gasteiger partial charge in [-0.05, 0) is 56.7 Å². The van der Waals surface area contributed by atoms with Gasteiger partial charge in [0.1, 0.15) is 5.82 Å². The molecule has 2 aromatic carbocycles. The van der Waals surface area contributed by atoms with Crippen LogP contribution in [0.4, 0.5) is 22.4 Å². The number of carbonyl (C=O) groups is 3. The lowest BCUT2D eigenvalue weighted by atomic mass is 9.93. The Balaban J connectivity index is 1.64. The Labute approximate surface area is 235 Å². The first-order valence-electron chi connectivity index (χ1n) is 13.4. The maximum Gasteiger partial charge on any atom is 0.416 e. The number of likely N-dealkylation sites (N-methyl/N-ethyl adjacent to an activating group) is 1. The van der Waals surface area contributed by atoms with Crippen molar-refractivity contribution in [2.75, 3.05) is 39.3 Å². The number of carbonyl (C=O) groups excluding carboxylic acids is 3. The first-order valence-corrected chi connectivity index (χ1v) is 13.4. The van der Waals surface area contributed by atoms with E-state index in [-0.39, 0.29) is 42.8 Å². The number of halogens is 4. The SMILES string of the molecule is CCOC(=O)C1=C(CN2CCN(C(=O)c3cccc(F)c3)C(C)C2)N(CC)C(=O)NC1c1ccc(C(F)(F)F)cc1. The molecule has 12 heteroatoms. The fraction of sp³-hybridized carbons (Fsp3) is 0.414. The van der Waals surface area contributed by atoms with E-state index in [1.54, 1.807) is 24.8 Å². The summed E-state index contributed by atoms with van der Waals surface area (Å²) < 4.78 is 58.5. The Bertz CT molecular complexity index is 1330. The number of alkyl halides is 3. The van der Waals surface area contributed by atoms with Gasteiger partial charge in [0.25, 0.3) is 5.91 Å². The first-order chi connectivity index (χ1) is 19.4. The highest BCUT2D eigenvalue weighted by Gasteiger charge is 2.40. The lowest BCUT2D eigenvalue weighted by molar-refractivity contribution is -0.139. The molecule has 2 atom stereocenters. The fourth-order valence-electron chi connectivity index (χ4n) is 5.25. The molecule has 0 aliphatic carbocycles. The van der Waals surface area contributed by atoms with Crippen molar-refractivity contribution in [3.63, 3.8) is 0 Å². The number of benzene rings is 2. The summed E-state index contributed by atoms with van der Waals surface area (Å²) in [6.45, 7) is 6.86. The van der Waals surface area contributed by atoms with Crippen molar-refractivity contribution in [2.24, 2.45) is 0 Å². The predicted molar refractivity (Wildman–Crippen MR) is 142 cm³/mol. The third-order valence-electron chi connectivity index (χ3n) is 7.24. The number of hydrogen-bond acceptors (Lipinski definition) is 5. The van der Waals surface area contributed by atoms with E-state index in [9.17, 15) is 31.9 Å². The zero-order valence-corrected chi connectivity index (χ0v) is 23.0. The third kappa shape index (κ3) is 6.53. The quantitative estimate of drug-likeness (QED) is 0.385. The minimum absolute atomic E-state index is 0.0628. The highest BCUT2D eigenvalue weighted by atomic mass is 19.4. The van der Waals surface area contributed by atoms with Crippen LogP contribution in [0.2, 0.25) is 0 Å². The summed E-state index contributed by atoms with van der Waals surface area (Å²) in [4.78, 5) is 44.5. The van der Waals surface area contributed by atoms with Crippen molar-refractivity contribution >= 4 is 17.9 Å². The molecule has 2 unspecified atom stereocenters. The van der Waals surface area contributed by atoms with Crippen molar-refractivity contribution in [3.8, 4) is 0 Å². The second kappa shape index (κ2) is 12.3. The van der Waals surface area contributed by atoms with Crippen molar-refractivity contribution in [1.82, 2.24) is 20.0 Å². The predicted octanol–water partition coefficient (Wildman–Crippen LogP) is 4.59. The van der Waals surface area contributed by atoms with Gasteiger partial charge in [-0.3, -0.25) is 14.6 Å². The van der Waals surface area contributed by atoms with Crippen LogP contribution in [0.5, 0.6) is 0 Å². The minimum atomic E-state index is -4.53. The number of amides is 3. The molecule has 8 nitrogen and oxygen atoms in total. The summed E-state index contributed by atoms with van der Waals surface area (Å²) >= 11 is 0. The molecule has 0 bridgehead atoms. The maximum atomic E-state index is 13.7. The summed E-state index contributed by atoms with van der Waals surface area (Å²) in [6, 6.07) is 8.03. The van der Waals surface area contributed by atoms with E-state index >= 15 is 0 Å². The van der Waals surface area contributed by atoms with E-state index in [1.807, 2.05) is 11.8 Å². The summed E-state index contributed by atoms with van der Waals surface area (Å²) in [6.07, 6.45) is -4.53. The molecule has 4 rings (SSSR count). The van der Waals surface area contributed by atoms with E-state index in [1.165, 1.54) is 35.2 Å². The monoisotopic (exact) mass is 576 g/mol. The van der Waals surface area contributed by atoms with Crippen LogP contribution in [0.15, 0.2) is 59.8 Å². The topological polar surface area (TPSA) is 82.2 Å². The highest BCUT2D eigenvalue weighted by molar-refractivity contribution is 5.95. The lowest BCUT2D eigenvalue weighted by Crippen LogP contribution is -2.56. The Kier molecular flexibility index (Phi) is 9.01. The maximum absolute atomic E-state index is 13.7. The first kappa shape index (κ1) is 30.0. The summed E-state index contributed by atoms with van der Waals surface area (Å²) in [5.41, 5.74) is 0.232. The normalized spacial score (nSPS) is 20.2. The Morgan fingerprint density at radius 3 is 2.37 bits per heavy atom. The molecule has 0 saturated carbocycles. The van der Waals surface area contributed by atoms with Gasteiger partial charge in [-0.2, -0.15) is 13.2 Å². The Morgan fingerprint density at radius 1 is 1.07 bits per heavy atom. The Morgan fingerprint density at radius 2 is 1.78 bits per heavy atom. The van der Waals surface area contributed by atoms with Gasteiger partial charge in [0.05, 0.1) is 23.8 Å². The van der Waals surface area contributed by atoms with Crippen molar-refractivity contribution in [2.45, 2.75) is 39.0 Å². The summed E-state index contributed by atoms with van der Waals surface area (Å²) in [5, 5.41) is 2.75. The van der Waals surface area contributed by atoms with E-state index in [4.69, 9.17) is 4.74 Å². The molecule has 2 aliphatic heterocycles.